The lowest BCUT2D eigenvalue weighted by Crippen LogP contribution is -2.38. The summed E-state index contributed by atoms with van der Waals surface area (Å²) in [7, 11) is 0. The first-order valence-electron chi connectivity index (χ1n) is 8.27. The first-order chi connectivity index (χ1) is 11.0. The molecule has 24 heavy (non-hydrogen) atoms. The van der Waals surface area contributed by atoms with Crippen LogP contribution in [0.5, 0.6) is 0 Å². The van der Waals surface area contributed by atoms with Gasteiger partial charge in [0.2, 0.25) is 5.91 Å². The Kier molecular flexibility index (Phi) is 12.9. The summed E-state index contributed by atoms with van der Waals surface area (Å²) in [5.41, 5.74) is 1.10. The molecule has 0 aliphatic carbocycles. The molecule has 0 saturated heterocycles. The molecule has 0 aliphatic rings. The molecule has 1 aromatic heterocycles. The predicted molar refractivity (Wildman–Crippen MR) is 112 cm³/mol. The van der Waals surface area contributed by atoms with E-state index in [1.54, 1.807) is 11.3 Å². The number of halogens is 1. The van der Waals surface area contributed by atoms with Crippen molar-refractivity contribution in [3.05, 3.63) is 16.1 Å². The standard InChI is InChI=1S/C16H29N5OS.HI/c1-5-12(3)20-15(22)8-10-19-16(17-6-2)18-9-7-14-11-23-13(4)21-14;/h11-12H,5-10H2,1-4H3,(H,20,22)(H2,17,18,19);1H. The summed E-state index contributed by atoms with van der Waals surface area (Å²) in [5, 5.41) is 12.6. The number of guanidine groups is 1. The first-order valence-corrected chi connectivity index (χ1v) is 9.15. The summed E-state index contributed by atoms with van der Waals surface area (Å²) in [6, 6.07) is 0.222. The molecule has 3 N–H and O–H groups in total. The van der Waals surface area contributed by atoms with Gasteiger partial charge >= 0.3 is 0 Å². The average Bonchev–Trinajstić information content (AvgIpc) is 2.92. The maximum Gasteiger partial charge on any atom is 0.222 e. The molecule has 1 aromatic rings. The average molecular weight is 467 g/mol. The fourth-order valence-electron chi connectivity index (χ4n) is 1.89. The Morgan fingerprint density at radius 2 is 2.12 bits per heavy atom. The predicted octanol–water partition coefficient (Wildman–Crippen LogP) is 2.47. The third-order valence-electron chi connectivity index (χ3n) is 3.31. The number of carbonyl (C=O) groups excluding carboxylic acids is 1. The van der Waals surface area contributed by atoms with Gasteiger partial charge in [0.25, 0.3) is 0 Å². The van der Waals surface area contributed by atoms with E-state index in [2.05, 4.69) is 38.2 Å². The van der Waals surface area contributed by atoms with Gasteiger partial charge in [-0.2, -0.15) is 0 Å². The SMILES string of the molecule is CCNC(=NCCC(=O)NC(C)CC)NCCc1csc(C)n1.I. The lowest BCUT2D eigenvalue weighted by Gasteiger charge is -2.12. The van der Waals surface area contributed by atoms with Gasteiger partial charge in [-0.05, 0) is 27.2 Å². The zero-order chi connectivity index (χ0) is 17.1. The normalized spacial score (nSPS) is 12.2. The number of hydrogen-bond donors (Lipinski definition) is 3. The van der Waals surface area contributed by atoms with Crippen LogP contribution >= 0.6 is 35.3 Å². The van der Waals surface area contributed by atoms with E-state index in [0.29, 0.717) is 13.0 Å². The first kappa shape index (κ1) is 23.1. The molecule has 0 radical (unpaired) electrons. The molecular formula is C16H30IN5OS. The minimum atomic E-state index is 0. The summed E-state index contributed by atoms with van der Waals surface area (Å²) in [4.78, 5) is 20.6. The molecule has 1 unspecified atom stereocenters. The number of aromatic nitrogens is 1. The lowest BCUT2D eigenvalue weighted by atomic mass is 10.2. The van der Waals surface area contributed by atoms with Crippen LogP contribution in [0.25, 0.3) is 0 Å². The Hall–Kier alpha value is -0.900. The molecule has 0 aromatic carbocycles. The molecule has 138 valence electrons. The highest BCUT2D eigenvalue weighted by Gasteiger charge is 2.05. The molecule has 8 heteroatoms. The van der Waals surface area contributed by atoms with E-state index in [0.717, 1.165) is 42.6 Å². The summed E-state index contributed by atoms with van der Waals surface area (Å²) < 4.78 is 0. The summed E-state index contributed by atoms with van der Waals surface area (Å²) >= 11 is 1.67. The third kappa shape index (κ3) is 10.1. The highest BCUT2D eigenvalue weighted by molar-refractivity contribution is 14.0. The van der Waals surface area contributed by atoms with E-state index >= 15 is 0 Å². The molecule has 1 rings (SSSR count). The number of aryl methyl sites for hydroxylation is 1. The Morgan fingerprint density at radius 3 is 2.71 bits per heavy atom. The molecule has 0 saturated carbocycles. The van der Waals surface area contributed by atoms with Crippen LogP contribution in [0.1, 0.15) is 44.3 Å². The van der Waals surface area contributed by atoms with Gasteiger partial charge in [-0.25, -0.2) is 4.98 Å². The van der Waals surface area contributed by atoms with E-state index in [-0.39, 0.29) is 35.9 Å². The topological polar surface area (TPSA) is 78.4 Å². The van der Waals surface area contributed by atoms with Gasteiger partial charge in [0.1, 0.15) is 0 Å². The second-order valence-electron chi connectivity index (χ2n) is 5.42. The van der Waals surface area contributed by atoms with Crippen LogP contribution in [0.4, 0.5) is 0 Å². The van der Waals surface area contributed by atoms with Crippen LogP contribution in [-0.4, -0.2) is 42.5 Å². The zero-order valence-corrected chi connectivity index (χ0v) is 18.2. The van der Waals surface area contributed by atoms with Crippen molar-refractivity contribution >= 4 is 47.2 Å². The van der Waals surface area contributed by atoms with E-state index in [9.17, 15) is 4.79 Å². The van der Waals surface area contributed by atoms with Crippen LogP contribution in [-0.2, 0) is 11.2 Å². The van der Waals surface area contributed by atoms with Crippen molar-refractivity contribution in [2.75, 3.05) is 19.6 Å². The van der Waals surface area contributed by atoms with Gasteiger partial charge in [-0.1, -0.05) is 6.92 Å². The van der Waals surface area contributed by atoms with Crippen LogP contribution in [0.15, 0.2) is 10.4 Å². The molecule has 1 heterocycles. The highest BCUT2D eigenvalue weighted by atomic mass is 127. The Bertz CT molecular complexity index is 506. The summed E-state index contributed by atoms with van der Waals surface area (Å²) in [6.07, 6.45) is 2.21. The van der Waals surface area contributed by atoms with Crippen molar-refractivity contribution in [1.82, 2.24) is 20.9 Å². The quantitative estimate of drug-likeness (QED) is 0.296. The highest BCUT2D eigenvalue weighted by Crippen LogP contribution is 2.07. The van der Waals surface area contributed by atoms with Gasteiger partial charge in [0.15, 0.2) is 5.96 Å². The number of aliphatic imine (C=N–C) groups is 1. The Morgan fingerprint density at radius 1 is 1.38 bits per heavy atom. The van der Waals surface area contributed by atoms with Crippen molar-refractivity contribution in [2.24, 2.45) is 4.99 Å². The molecule has 0 spiro atoms. The van der Waals surface area contributed by atoms with Gasteiger partial charge in [0, 0.05) is 37.4 Å². The third-order valence-corrected chi connectivity index (χ3v) is 4.14. The van der Waals surface area contributed by atoms with Crippen molar-refractivity contribution in [2.45, 2.75) is 53.0 Å². The van der Waals surface area contributed by atoms with Gasteiger partial charge in [-0.15, -0.1) is 35.3 Å². The molecule has 1 amide bonds. The monoisotopic (exact) mass is 467 g/mol. The van der Waals surface area contributed by atoms with E-state index < -0.39 is 0 Å². The largest absolute Gasteiger partial charge is 0.357 e. The second kappa shape index (κ2) is 13.4. The number of thiazole rings is 1. The number of hydrogen-bond acceptors (Lipinski definition) is 4. The number of carbonyl (C=O) groups is 1. The van der Waals surface area contributed by atoms with Crippen molar-refractivity contribution in [1.29, 1.82) is 0 Å². The molecule has 1 atom stereocenters. The minimum Gasteiger partial charge on any atom is -0.357 e. The number of nitrogens with zero attached hydrogens (tertiary/aromatic N) is 2. The molecule has 0 fully saturated rings. The van der Waals surface area contributed by atoms with E-state index in [1.165, 1.54) is 0 Å². The van der Waals surface area contributed by atoms with Crippen molar-refractivity contribution in [3.63, 3.8) is 0 Å². The molecular weight excluding hydrogens is 437 g/mol. The fraction of sp³-hybridized carbons (Fsp3) is 0.688. The smallest absolute Gasteiger partial charge is 0.222 e. The number of amides is 1. The summed E-state index contributed by atoms with van der Waals surface area (Å²) in [6.45, 7) is 10.1. The molecule has 0 bridgehead atoms. The van der Waals surface area contributed by atoms with Crippen LogP contribution in [0, 0.1) is 6.92 Å². The van der Waals surface area contributed by atoms with E-state index in [4.69, 9.17) is 0 Å². The van der Waals surface area contributed by atoms with Crippen LogP contribution < -0.4 is 16.0 Å². The van der Waals surface area contributed by atoms with Crippen LogP contribution in [0.2, 0.25) is 0 Å². The maximum atomic E-state index is 11.7. The molecule has 6 nitrogen and oxygen atoms in total. The number of nitrogens with one attached hydrogen (secondary N) is 3. The van der Waals surface area contributed by atoms with Crippen LogP contribution in [0.3, 0.4) is 0 Å². The minimum absolute atomic E-state index is 0. The Labute approximate surface area is 166 Å². The summed E-state index contributed by atoms with van der Waals surface area (Å²) in [5.74, 6) is 0.799. The Balaban J connectivity index is 0.00000529. The zero-order valence-electron chi connectivity index (χ0n) is 15.0. The van der Waals surface area contributed by atoms with Gasteiger partial charge in [0.05, 0.1) is 17.2 Å². The fourth-order valence-corrected chi connectivity index (χ4v) is 2.54. The number of rotatable bonds is 9. The lowest BCUT2D eigenvalue weighted by molar-refractivity contribution is -0.121. The van der Waals surface area contributed by atoms with Crippen molar-refractivity contribution < 1.29 is 4.79 Å². The van der Waals surface area contributed by atoms with Crippen molar-refractivity contribution in [3.8, 4) is 0 Å². The van der Waals surface area contributed by atoms with Gasteiger partial charge in [-0.3, -0.25) is 9.79 Å². The van der Waals surface area contributed by atoms with E-state index in [1.807, 2.05) is 20.8 Å². The second-order valence-corrected chi connectivity index (χ2v) is 6.48. The maximum absolute atomic E-state index is 11.7. The molecule has 0 aliphatic heterocycles. The van der Waals surface area contributed by atoms with Gasteiger partial charge < -0.3 is 16.0 Å².